The molecule has 0 amide bonds. The summed E-state index contributed by atoms with van der Waals surface area (Å²) in [7, 11) is -3.48. The van der Waals surface area contributed by atoms with Gasteiger partial charge in [0.2, 0.25) is 10.0 Å². The first-order valence-electron chi connectivity index (χ1n) is 7.18. The van der Waals surface area contributed by atoms with Gasteiger partial charge in [0.25, 0.3) is 0 Å². The van der Waals surface area contributed by atoms with E-state index in [0.29, 0.717) is 23.8 Å². The van der Waals surface area contributed by atoms with E-state index in [0.717, 1.165) is 16.0 Å². The third-order valence-electron chi connectivity index (χ3n) is 4.02. The second-order valence-electron chi connectivity index (χ2n) is 5.61. The molecule has 0 N–H and O–H groups in total. The van der Waals surface area contributed by atoms with Gasteiger partial charge in [-0.25, -0.2) is 23.1 Å². The van der Waals surface area contributed by atoms with Gasteiger partial charge in [0.1, 0.15) is 11.6 Å². The number of nitrogens with zero attached hydrogens (tertiary/aromatic N) is 5. The van der Waals surface area contributed by atoms with E-state index in [1.165, 1.54) is 15.6 Å². The third-order valence-corrected chi connectivity index (χ3v) is 6.66. The quantitative estimate of drug-likeness (QED) is 0.719. The Bertz CT molecular complexity index is 986. The number of sulfonamides is 1. The molecule has 0 unspecified atom stereocenters. The Hall–Kier alpha value is -1.84. The molecular weight excluding hydrogens is 334 g/mol. The summed E-state index contributed by atoms with van der Waals surface area (Å²) >= 11 is 1.50. The highest BCUT2D eigenvalue weighted by molar-refractivity contribution is 7.89. The van der Waals surface area contributed by atoms with Crippen molar-refractivity contribution in [3.63, 3.8) is 0 Å². The molecule has 0 bridgehead atoms. The monoisotopic (exact) mass is 349 g/mol. The summed E-state index contributed by atoms with van der Waals surface area (Å²) in [6, 6.07) is 5.14. The number of aryl methyl sites for hydroxylation is 2. The van der Waals surface area contributed by atoms with Crippen molar-refractivity contribution in [1.29, 1.82) is 0 Å². The van der Waals surface area contributed by atoms with Crippen molar-refractivity contribution in [2.75, 3.05) is 13.1 Å². The van der Waals surface area contributed by atoms with Crippen LogP contribution >= 0.6 is 11.3 Å². The van der Waals surface area contributed by atoms with Crippen LogP contribution in [-0.4, -0.2) is 45.6 Å². The summed E-state index contributed by atoms with van der Waals surface area (Å²) in [5, 5.41) is 4.33. The molecule has 1 aliphatic heterocycles. The van der Waals surface area contributed by atoms with Crippen LogP contribution in [-0.2, 0) is 10.0 Å². The van der Waals surface area contributed by atoms with Crippen molar-refractivity contribution in [3.05, 3.63) is 35.4 Å². The normalized spacial score (nSPS) is 16.8. The molecular formula is C14H15N5O2S2. The van der Waals surface area contributed by atoms with Gasteiger partial charge in [0, 0.05) is 13.1 Å². The lowest BCUT2D eigenvalue weighted by molar-refractivity contribution is 0.188. The maximum Gasteiger partial charge on any atom is 0.243 e. The van der Waals surface area contributed by atoms with Gasteiger partial charge in [0.05, 0.1) is 26.7 Å². The minimum Gasteiger partial charge on any atom is -0.245 e. The molecule has 2 aromatic heterocycles. The number of fused-ring (bicyclic) bond motifs is 1. The average Bonchev–Trinajstić information content (AvgIpc) is 3.03. The van der Waals surface area contributed by atoms with Crippen molar-refractivity contribution < 1.29 is 8.42 Å². The second kappa shape index (κ2) is 5.08. The molecule has 1 fully saturated rings. The van der Waals surface area contributed by atoms with Gasteiger partial charge in [-0.2, -0.15) is 9.40 Å². The largest absolute Gasteiger partial charge is 0.245 e. The number of benzene rings is 1. The van der Waals surface area contributed by atoms with Crippen molar-refractivity contribution >= 4 is 31.6 Å². The molecule has 1 saturated heterocycles. The zero-order valence-corrected chi connectivity index (χ0v) is 14.3. The van der Waals surface area contributed by atoms with Crippen molar-refractivity contribution in [1.82, 2.24) is 24.1 Å². The Morgan fingerprint density at radius 3 is 2.74 bits per heavy atom. The Morgan fingerprint density at radius 1 is 1.26 bits per heavy atom. The fraction of sp³-hybridized carbons (Fsp3) is 0.357. The molecule has 4 rings (SSSR count). The molecule has 9 heteroatoms. The van der Waals surface area contributed by atoms with E-state index in [2.05, 4.69) is 15.1 Å². The highest BCUT2D eigenvalue weighted by Gasteiger charge is 2.39. The molecule has 1 aromatic carbocycles. The van der Waals surface area contributed by atoms with Gasteiger partial charge in [-0.3, -0.25) is 0 Å². The summed E-state index contributed by atoms with van der Waals surface area (Å²) in [5.74, 6) is 1.52. The Kier molecular flexibility index (Phi) is 3.26. The van der Waals surface area contributed by atoms with E-state index in [4.69, 9.17) is 0 Å². The van der Waals surface area contributed by atoms with Crippen molar-refractivity contribution in [2.24, 2.45) is 0 Å². The molecule has 120 valence electrons. The molecule has 0 radical (unpaired) electrons. The number of thiazole rings is 1. The average molecular weight is 349 g/mol. The summed E-state index contributed by atoms with van der Waals surface area (Å²) in [6.07, 6.45) is 0. The van der Waals surface area contributed by atoms with Crippen LogP contribution in [0.15, 0.2) is 28.6 Å². The van der Waals surface area contributed by atoms with E-state index in [-0.39, 0.29) is 6.04 Å². The summed E-state index contributed by atoms with van der Waals surface area (Å²) in [4.78, 5) is 8.74. The lowest BCUT2D eigenvalue weighted by atomic mass is 10.2. The van der Waals surface area contributed by atoms with E-state index < -0.39 is 10.0 Å². The summed E-state index contributed by atoms with van der Waals surface area (Å²) in [5.41, 5.74) is 2.44. The molecule has 3 heterocycles. The standard InChI is InChI=1S/C14H15N5O2S2/c1-9-16-10(2)19(17-9)11-6-18(7-11)23(20,21)12-3-4-14-13(5-12)15-8-22-14/h3-5,8,11H,6-7H2,1-2H3. The van der Waals surface area contributed by atoms with Gasteiger partial charge < -0.3 is 0 Å². The zero-order chi connectivity index (χ0) is 16.2. The highest BCUT2D eigenvalue weighted by atomic mass is 32.2. The van der Waals surface area contributed by atoms with Crippen LogP contribution in [0.3, 0.4) is 0 Å². The SMILES string of the molecule is Cc1nc(C)n(C2CN(S(=O)(=O)c3ccc4scnc4c3)C2)n1. The maximum absolute atomic E-state index is 12.7. The summed E-state index contributed by atoms with van der Waals surface area (Å²) < 4.78 is 29.7. The minimum atomic E-state index is -3.48. The molecule has 3 aromatic rings. The topological polar surface area (TPSA) is 81.0 Å². The Balaban J connectivity index is 1.57. The number of aromatic nitrogens is 4. The number of hydrogen-bond donors (Lipinski definition) is 0. The molecule has 7 nitrogen and oxygen atoms in total. The predicted molar refractivity (Wildman–Crippen MR) is 86.9 cm³/mol. The van der Waals surface area contributed by atoms with Crippen LogP contribution in [0.2, 0.25) is 0 Å². The van der Waals surface area contributed by atoms with Gasteiger partial charge in [-0.1, -0.05) is 0 Å². The maximum atomic E-state index is 12.7. The van der Waals surface area contributed by atoms with Crippen LogP contribution < -0.4 is 0 Å². The van der Waals surface area contributed by atoms with Crippen LogP contribution in [0.4, 0.5) is 0 Å². The van der Waals surface area contributed by atoms with E-state index in [1.54, 1.807) is 17.6 Å². The van der Waals surface area contributed by atoms with Crippen LogP contribution in [0.1, 0.15) is 17.7 Å². The Morgan fingerprint density at radius 2 is 2.04 bits per heavy atom. The first-order valence-corrected chi connectivity index (χ1v) is 9.50. The fourth-order valence-electron chi connectivity index (χ4n) is 2.80. The van der Waals surface area contributed by atoms with Crippen LogP contribution in [0.5, 0.6) is 0 Å². The van der Waals surface area contributed by atoms with Gasteiger partial charge in [0.15, 0.2) is 0 Å². The number of rotatable bonds is 3. The molecule has 0 aliphatic carbocycles. The molecule has 0 saturated carbocycles. The van der Waals surface area contributed by atoms with E-state index >= 15 is 0 Å². The molecule has 0 atom stereocenters. The highest BCUT2D eigenvalue weighted by Crippen LogP contribution is 2.30. The van der Waals surface area contributed by atoms with Crippen LogP contribution in [0.25, 0.3) is 10.2 Å². The smallest absolute Gasteiger partial charge is 0.243 e. The van der Waals surface area contributed by atoms with Crippen molar-refractivity contribution in [3.8, 4) is 0 Å². The first kappa shape index (κ1) is 14.7. The summed E-state index contributed by atoms with van der Waals surface area (Å²) in [6.45, 7) is 4.55. The molecule has 1 aliphatic rings. The zero-order valence-electron chi connectivity index (χ0n) is 12.7. The van der Waals surface area contributed by atoms with Crippen LogP contribution in [0, 0.1) is 13.8 Å². The number of hydrogen-bond acceptors (Lipinski definition) is 6. The lowest BCUT2D eigenvalue weighted by Crippen LogP contribution is -2.51. The predicted octanol–water partition coefficient (Wildman–Crippen LogP) is 1.75. The van der Waals surface area contributed by atoms with E-state index in [1.807, 2.05) is 24.6 Å². The van der Waals surface area contributed by atoms with Crippen molar-refractivity contribution in [2.45, 2.75) is 24.8 Å². The molecule has 23 heavy (non-hydrogen) atoms. The van der Waals surface area contributed by atoms with Gasteiger partial charge in [-0.05, 0) is 32.0 Å². The van der Waals surface area contributed by atoms with Gasteiger partial charge in [-0.15, -0.1) is 11.3 Å². The third kappa shape index (κ3) is 2.35. The minimum absolute atomic E-state index is 0.0500. The lowest BCUT2D eigenvalue weighted by Gasteiger charge is -2.38. The molecule has 0 spiro atoms. The second-order valence-corrected chi connectivity index (χ2v) is 8.43. The van der Waals surface area contributed by atoms with E-state index in [9.17, 15) is 8.42 Å². The van der Waals surface area contributed by atoms with Gasteiger partial charge >= 0.3 is 0 Å². The first-order chi connectivity index (χ1) is 10.9. The fourth-order valence-corrected chi connectivity index (χ4v) is 4.99. The Labute approximate surface area is 137 Å².